The number of hydrogen-bond acceptors (Lipinski definition) is 2. The van der Waals surface area contributed by atoms with Gasteiger partial charge in [0.1, 0.15) is 0 Å². The van der Waals surface area contributed by atoms with Crippen molar-refractivity contribution in [2.24, 2.45) is 0 Å². The van der Waals surface area contributed by atoms with E-state index in [1.807, 2.05) is 0 Å². The van der Waals surface area contributed by atoms with Gasteiger partial charge in [0.25, 0.3) is 0 Å². The summed E-state index contributed by atoms with van der Waals surface area (Å²) < 4.78 is 58.2. The molecule has 0 aliphatic heterocycles. The van der Waals surface area contributed by atoms with E-state index in [4.69, 9.17) is 0 Å². The van der Waals surface area contributed by atoms with Crippen molar-refractivity contribution in [3.63, 3.8) is 0 Å². The quantitative estimate of drug-likeness (QED) is 0.704. The van der Waals surface area contributed by atoms with Crippen LogP contribution in [0.1, 0.15) is 0 Å². The highest BCUT2D eigenvalue weighted by Crippen LogP contribution is 2.12. The minimum Gasteiger partial charge on any atom is -0.445 e. The second-order valence-electron chi connectivity index (χ2n) is 2.92. The maximum Gasteiger partial charge on any atom is 0.509 e. The molecule has 0 aliphatic rings. The maximum absolute atomic E-state index is 12.1. The Bertz CT molecular complexity index is 421. The van der Waals surface area contributed by atoms with Crippen LogP contribution in [-0.2, 0) is 9.84 Å². The molecule has 1 rings (SSSR count). The minimum absolute atomic E-state index is 0.110. The monoisotopic (exact) mass is 223 g/mol. The molecule has 1 aromatic rings. The van der Waals surface area contributed by atoms with Gasteiger partial charge in [-0.25, -0.2) is 8.42 Å². The van der Waals surface area contributed by atoms with Gasteiger partial charge in [0.2, 0.25) is 0 Å². The Morgan fingerprint density at radius 2 is 1.50 bits per heavy atom. The molecular weight excluding hydrogens is 216 g/mol. The zero-order chi connectivity index (χ0) is 11.0. The highest BCUT2D eigenvalue weighted by Gasteiger charge is 2.25. The zero-order valence-electron chi connectivity index (χ0n) is 7.25. The van der Waals surface area contributed by atoms with Gasteiger partial charge in [-0.3, -0.25) is 0 Å². The van der Waals surface area contributed by atoms with Gasteiger partial charge < -0.3 is 12.9 Å². The highest BCUT2D eigenvalue weighted by molar-refractivity contribution is 7.90. The molecule has 0 aromatic heterocycles. The molecule has 2 nitrogen and oxygen atoms in total. The van der Waals surface area contributed by atoms with Crippen LogP contribution in [-0.4, -0.2) is 21.7 Å². The lowest BCUT2D eigenvalue weighted by molar-refractivity contribution is 0.501. The standard InChI is InChI=1S/C7H7BF3O2S/c1-14(12,13)7-4-2-6(3-5-7)8(9,10)11/h2-5H,1H3/q-1. The van der Waals surface area contributed by atoms with Crippen molar-refractivity contribution < 1.29 is 21.4 Å². The maximum atomic E-state index is 12.1. The van der Waals surface area contributed by atoms with E-state index in [0.717, 1.165) is 30.5 Å². The van der Waals surface area contributed by atoms with Crippen LogP contribution in [0.15, 0.2) is 29.2 Å². The van der Waals surface area contributed by atoms with E-state index in [1.165, 1.54) is 0 Å². The van der Waals surface area contributed by atoms with Crippen LogP contribution in [0.2, 0.25) is 0 Å². The Kier molecular flexibility index (Phi) is 2.62. The molecule has 7 heteroatoms. The van der Waals surface area contributed by atoms with E-state index in [1.54, 1.807) is 0 Å². The molecule has 0 radical (unpaired) electrons. The summed E-state index contributed by atoms with van der Waals surface area (Å²) in [5, 5.41) is 0. The number of hydrogen-bond donors (Lipinski definition) is 0. The van der Waals surface area contributed by atoms with E-state index in [0.29, 0.717) is 0 Å². The van der Waals surface area contributed by atoms with Crippen LogP contribution in [0, 0.1) is 0 Å². The van der Waals surface area contributed by atoms with Crippen molar-refractivity contribution in [3.05, 3.63) is 24.3 Å². The Labute approximate surface area is 79.7 Å². The van der Waals surface area contributed by atoms with E-state index < -0.39 is 22.3 Å². The Morgan fingerprint density at radius 1 is 1.07 bits per heavy atom. The van der Waals surface area contributed by atoms with Gasteiger partial charge in [-0.05, 0) is 12.1 Å². The molecule has 0 amide bonds. The van der Waals surface area contributed by atoms with Gasteiger partial charge >= 0.3 is 6.98 Å². The van der Waals surface area contributed by atoms with Crippen LogP contribution in [0.5, 0.6) is 0 Å². The Morgan fingerprint density at radius 3 is 1.79 bits per heavy atom. The normalized spacial score (nSPS) is 12.9. The fourth-order valence-corrected chi connectivity index (χ4v) is 1.56. The number of rotatable bonds is 2. The van der Waals surface area contributed by atoms with Gasteiger partial charge in [0.15, 0.2) is 9.84 Å². The summed E-state index contributed by atoms with van der Waals surface area (Å²) in [7, 11) is -3.43. The summed E-state index contributed by atoms with van der Waals surface area (Å²) in [6.07, 6.45) is 0.945. The van der Waals surface area contributed by atoms with E-state index >= 15 is 0 Å². The van der Waals surface area contributed by atoms with Gasteiger partial charge in [0.05, 0.1) is 4.90 Å². The minimum atomic E-state index is -5.05. The average molecular weight is 223 g/mol. The average Bonchev–Trinajstić information content (AvgIpc) is 2.01. The molecule has 0 unspecified atom stereocenters. The number of sulfone groups is 1. The Hall–Kier alpha value is -0.975. The van der Waals surface area contributed by atoms with Crippen molar-refractivity contribution in [1.29, 1.82) is 0 Å². The topological polar surface area (TPSA) is 34.1 Å². The molecule has 0 heterocycles. The summed E-state index contributed by atoms with van der Waals surface area (Å²) in [5.74, 6) is 0. The molecule has 0 saturated carbocycles. The number of benzene rings is 1. The molecule has 0 N–H and O–H groups in total. The summed E-state index contributed by atoms with van der Waals surface area (Å²) in [6.45, 7) is -5.05. The molecule has 0 aliphatic carbocycles. The summed E-state index contributed by atoms with van der Waals surface area (Å²) in [5.41, 5.74) is -0.794. The SMILES string of the molecule is CS(=O)(=O)c1ccc([B-](F)(F)F)cc1. The lowest BCUT2D eigenvalue weighted by Crippen LogP contribution is -2.33. The summed E-state index contributed by atoms with van der Waals surface area (Å²) >= 11 is 0. The van der Waals surface area contributed by atoms with Gasteiger partial charge in [0, 0.05) is 6.26 Å². The van der Waals surface area contributed by atoms with E-state index in [-0.39, 0.29) is 4.90 Å². The number of halogens is 3. The van der Waals surface area contributed by atoms with Crippen LogP contribution in [0.3, 0.4) is 0 Å². The zero-order valence-corrected chi connectivity index (χ0v) is 8.06. The summed E-state index contributed by atoms with van der Waals surface area (Å²) in [6, 6.07) is 3.46. The molecule has 0 saturated heterocycles. The second kappa shape index (κ2) is 3.31. The fourth-order valence-electron chi connectivity index (χ4n) is 0.933. The first-order valence-corrected chi connectivity index (χ1v) is 5.60. The summed E-state index contributed by atoms with van der Waals surface area (Å²) in [4.78, 5) is -0.110. The van der Waals surface area contributed by atoms with E-state index in [9.17, 15) is 21.4 Å². The van der Waals surface area contributed by atoms with Gasteiger partial charge in [-0.2, -0.15) is 0 Å². The molecule has 0 atom stereocenters. The van der Waals surface area contributed by atoms with Crippen LogP contribution in [0.25, 0.3) is 0 Å². The van der Waals surface area contributed by atoms with Crippen LogP contribution < -0.4 is 5.46 Å². The molecule has 1 aromatic carbocycles. The van der Waals surface area contributed by atoms with E-state index in [2.05, 4.69) is 0 Å². The first-order chi connectivity index (χ1) is 6.21. The smallest absolute Gasteiger partial charge is 0.445 e. The van der Waals surface area contributed by atoms with Crippen molar-refractivity contribution in [3.8, 4) is 0 Å². The van der Waals surface area contributed by atoms with Crippen molar-refractivity contribution in [2.75, 3.05) is 6.26 Å². The second-order valence-corrected chi connectivity index (χ2v) is 4.93. The lowest BCUT2D eigenvalue weighted by atomic mass is 9.80. The molecule has 0 spiro atoms. The molecule has 78 valence electrons. The first-order valence-electron chi connectivity index (χ1n) is 3.71. The fraction of sp³-hybridized carbons (Fsp3) is 0.143. The third kappa shape index (κ3) is 2.51. The predicted molar refractivity (Wildman–Crippen MR) is 48.3 cm³/mol. The largest absolute Gasteiger partial charge is 0.509 e. The van der Waals surface area contributed by atoms with Gasteiger partial charge in [-0.1, -0.05) is 12.1 Å². The third-order valence-electron chi connectivity index (χ3n) is 1.69. The van der Waals surface area contributed by atoms with Gasteiger partial charge in [-0.15, -0.1) is 5.46 Å². The molecule has 0 bridgehead atoms. The van der Waals surface area contributed by atoms with Crippen LogP contribution in [0.4, 0.5) is 12.9 Å². The molecule has 0 fully saturated rings. The molecule has 14 heavy (non-hydrogen) atoms. The van der Waals surface area contributed by atoms with Crippen molar-refractivity contribution >= 4 is 22.3 Å². The van der Waals surface area contributed by atoms with Crippen LogP contribution >= 0.6 is 0 Å². The van der Waals surface area contributed by atoms with Crippen molar-refractivity contribution in [1.82, 2.24) is 0 Å². The lowest BCUT2D eigenvalue weighted by Gasteiger charge is -2.14. The first kappa shape index (κ1) is 11.1. The highest BCUT2D eigenvalue weighted by atomic mass is 32.2. The Balaban J connectivity index is 3.14. The van der Waals surface area contributed by atoms with Crippen molar-refractivity contribution in [2.45, 2.75) is 4.90 Å². The third-order valence-corrected chi connectivity index (χ3v) is 2.81. The predicted octanol–water partition coefficient (Wildman–Crippen LogP) is 1.14. The molecular formula is C7H7BF3O2S-.